The van der Waals surface area contributed by atoms with E-state index in [0.717, 1.165) is 11.3 Å². The molecule has 0 aliphatic heterocycles. The van der Waals surface area contributed by atoms with Crippen molar-refractivity contribution in [2.45, 2.75) is 33.1 Å². The van der Waals surface area contributed by atoms with Crippen LogP contribution >= 0.6 is 0 Å². The van der Waals surface area contributed by atoms with Crippen LogP contribution in [-0.2, 0) is 5.41 Å². The average Bonchev–Trinajstić information content (AvgIpc) is 2.01. The number of rotatable bonds is 1. The molecular weight excluding hydrogens is 176 g/mol. The molecule has 3 heteroatoms. The van der Waals surface area contributed by atoms with Gasteiger partial charge in [-0.2, -0.15) is 0 Å². The van der Waals surface area contributed by atoms with Gasteiger partial charge in [0.2, 0.25) is 5.91 Å². The molecule has 1 amide bonds. The fraction of sp³-hybridized carbons (Fsp3) is 0.455. The van der Waals surface area contributed by atoms with Crippen LogP contribution in [0.4, 0.5) is 0 Å². The van der Waals surface area contributed by atoms with Gasteiger partial charge >= 0.3 is 0 Å². The molecule has 0 aromatic carbocycles. The first-order chi connectivity index (χ1) is 6.34. The van der Waals surface area contributed by atoms with Crippen molar-refractivity contribution in [2.24, 2.45) is 5.73 Å². The van der Waals surface area contributed by atoms with Gasteiger partial charge in [-0.3, -0.25) is 9.78 Å². The third kappa shape index (κ3) is 1.92. The van der Waals surface area contributed by atoms with Crippen LogP contribution < -0.4 is 5.73 Å². The Morgan fingerprint density at radius 1 is 1.43 bits per heavy atom. The quantitative estimate of drug-likeness (QED) is 0.737. The Kier molecular flexibility index (Phi) is 2.60. The number of nitrogens with zero attached hydrogens (tertiary/aromatic N) is 1. The smallest absolute Gasteiger partial charge is 0.249 e. The van der Waals surface area contributed by atoms with Gasteiger partial charge in [-0.05, 0) is 18.6 Å². The lowest BCUT2D eigenvalue weighted by atomic mass is 9.87. The number of nitrogens with two attached hydrogens (primary N) is 1. The van der Waals surface area contributed by atoms with Gasteiger partial charge in [0.05, 0.1) is 0 Å². The summed E-state index contributed by atoms with van der Waals surface area (Å²) in [5, 5.41) is 0. The molecule has 2 N–H and O–H groups in total. The predicted molar refractivity (Wildman–Crippen MR) is 56.2 cm³/mol. The molecule has 1 rings (SSSR count). The molecule has 3 nitrogen and oxygen atoms in total. The molecule has 0 aliphatic carbocycles. The van der Waals surface area contributed by atoms with E-state index in [2.05, 4.69) is 25.8 Å². The lowest BCUT2D eigenvalue weighted by Gasteiger charge is -2.20. The fourth-order valence-electron chi connectivity index (χ4n) is 1.56. The summed E-state index contributed by atoms with van der Waals surface area (Å²) in [5.74, 6) is -0.393. The summed E-state index contributed by atoms with van der Waals surface area (Å²) in [6, 6.07) is 1.66. The average molecular weight is 192 g/mol. The van der Waals surface area contributed by atoms with Crippen LogP contribution in [0.5, 0.6) is 0 Å². The third-order valence-corrected chi connectivity index (χ3v) is 2.18. The first-order valence-corrected chi connectivity index (χ1v) is 4.60. The maximum Gasteiger partial charge on any atom is 0.249 e. The molecule has 0 saturated carbocycles. The van der Waals surface area contributed by atoms with Crippen molar-refractivity contribution >= 4 is 5.91 Å². The van der Waals surface area contributed by atoms with E-state index in [-0.39, 0.29) is 5.41 Å². The van der Waals surface area contributed by atoms with Gasteiger partial charge in [0.25, 0.3) is 0 Å². The third-order valence-electron chi connectivity index (χ3n) is 2.18. The van der Waals surface area contributed by atoms with E-state index in [0.29, 0.717) is 5.56 Å². The molecule has 1 heterocycles. The van der Waals surface area contributed by atoms with E-state index < -0.39 is 5.91 Å². The van der Waals surface area contributed by atoms with E-state index in [9.17, 15) is 4.79 Å². The molecule has 0 radical (unpaired) electrons. The summed E-state index contributed by atoms with van der Waals surface area (Å²) >= 11 is 0. The molecule has 0 spiro atoms. The SMILES string of the molecule is Cc1c(C(N)=O)ccnc1C(C)(C)C. The molecule has 0 saturated heterocycles. The maximum absolute atomic E-state index is 11.1. The van der Waals surface area contributed by atoms with Crippen LogP contribution in [0.3, 0.4) is 0 Å². The van der Waals surface area contributed by atoms with E-state index >= 15 is 0 Å². The summed E-state index contributed by atoms with van der Waals surface area (Å²) < 4.78 is 0. The van der Waals surface area contributed by atoms with Crippen molar-refractivity contribution in [3.05, 3.63) is 29.1 Å². The van der Waals surface area contributed by atoms with Crippen LogP contribution in [0.2, 0.25) is 0 Å². The van der Waals surface area contributed by atoms with Crippen LogP contribution in [-0.4, -0.2) is 10.9 Å². The van der Waals surface area contributed by atoms with Gasteiger partial charge in [-0.1, -0.05) is 20.8 Å². The molecule has 0 fully saturated rings. The van der Waals surface area contributed by atoms with Crippen molar-refractivity contribution in [3.63, 3.8) is 0 Å². The summed E-state index contributed by atoms with van der Waals surface area (Å²) in [6.07, 6.45) is 1.63. The zero-order valence-electron chi connectivity index (χ0n) is 9.09. The minimum Gasteiger partial charge on any atom is -0.366 e. The lowest BCUT2D eigenvalue weighted by molar-refractivity contribution is 0.0999. The highest BCUT2D eigenvalue weighted by Crippen LogP contribution is 2.24. The van der Waals surface area contributed by atoms with Gasteiger partial charge in [-0.25, -0.2) is 0 Å². The topological polar surface area (TPSA) is 56.0 Å². The Labute approximate surface area is 84.3 Å². The second-order valence-electron chi connectivity index (χ2n) is 4.45. The van der Waals surface area contributed by atoms with Crippen molar-refractivity contribution in [1.82, 2.24) is 4.98 Å². The Hall–Kier alpha value is -1.38. The standard InChI is InChI=1S/C11H16N2O/c1-7-8(10(12)14)5-6-13-9(7)11(2,3)4/h5-6H,1-4H3,(H2,12,14). The van der Waals surface area contributed by atoms with Crippen molar-refractivity contribution in [2.75, 3.05) is 0 Å². The van der Waals surface area contributed by atoms with Crippen LogP contribution in [0.1, 0.15) is 42.4 Å². The van der Waals surface area contributed by atoms with Gasteiger partial charge in [-0.15, -0.1) is 0 Å². The molecule has 0 unspecified atom stereocenters. The fourth-order valence-corrected chi connectivity index (χ4v) is 1.56. The van der Waals surface area contributed by atoms with Crippen molar-refractivity contribution < 1.29 is 4.79 Å². The van der Waals surface area contributed by atoms with Crippen molar-refractivity contribution in [1.29, 1.82) is 0 Å². The highest BCUT2D eigenvalue weighted by Gasteiger charge is 2.20. The minimum atomic E-state index is -0.393. The van der Waals surface area contributed by atoms with Crippen LogP contribution in [0, 0.1) is 6.92 Å². The zero-order valence-corrected chi connectivity index (χ0v) is 9.09. The first kappa shape index (κ1) is 10.7. The number of carbonyl (C=O) groups excluding carboxylic acids is 1. The summed E-state index contributed by atoms with van der Waals surface area (Å²) in [5.41, 5.74) is 7.57. The molecule has 76 valence electrons. The van der Waals surface area contributed by atoms with E-state index in [1.54, 1.807) is 12.3 Å². The number of amides is 1. The second-order valence-corrected chi connectivity index (χ2v) is 4.45. The van der Waals surface area contributed by atoms with E-state index in [1.165, 1.54) is 0 Å². The molecule has 14 heavy (non-hydrogen) atoms. The number of pyridine rings is 1. The Morgan fingerprint density at radius 3 is 2.43 bits per heavy atom. The van der Waals surface area contributed by atoms with Crippen LogP contribution in [0.25, 0.3) is 0 Å². The molecule has 1 aromatic rings. The van der Waals surface area contributed by atoms with E-state index in [4.69, 9.17) is 5.73 Å². The first-order valence-electron chi connectivity index (χ1n) is 4.60. The second kappa shape index (κ2) is 3.40. The summed E-state index contributed by atoms with van der Waals surface area (Å²) in [4.78, 5) is 15.4. The molecule has 1 aromatic heterocycles. The maximum atomic E-state index is 11.1. The summed E-state index contributed by atoms with van der Waals surface area (Å²) in [7, 11) is 0. The highest BCUT2D eigenvalue weighted by atomic mass is 16.1. The largest absolute Gasteiger partial charge is 0.366 e. The predicted octanol–water partition coefficient (Wildman–Crippen LogP) is 1.79. The van der Waals surface area contributed by atoms with Gasteiger partial charge in [0.1, 0.15) is 0 Å². The molecule has 0 bridgehead atoms. The number of carbonyl (C=O) groups is 1. The Bertz CT molecular complexity index is 364. The number of hydrogen-bond donors (Lipinski definition) is 1. The molecule has 0 atom stereocenters. The molecule has 0 aliphatic rings. The highest BCUT2D eigenvalue weighted by molar-refractivity contribution is 5.94. The normalized spacial score (nSPS) is 11.4. The minimum absolute atomic E-state index is 0.0600. The number of aromatic nitrogens is 1. The van der Waals surface area contributed by atoms with Gasteiger partial charge in [0.15, 0.2) is 0 Å². The zero-order chi connectivity index (χ0) is 10.9. The Balaban J connectivity index is 3.35. The lowest BCUT2D eigenvalue weighted by Crippen LogP contribution is -2.20. The van der Waals surface area contributed by atoms with Gasteiger partial charge < -0.3 is 5.73 Å². The monoisotopic (exact) mass is 192 g/mol. The van der Waals surface area contributed by atoms with Crippen molar-refractivity contribution in [3.8, 4) is 0 Å². The van der Waals surface area contributed by atoms with Crippen LogP contribution in [0.15, 0.2) is 12.3 Å². The number of primary amides is 1. The van der Waals surface area contributed by atoms with E-state index in [1.807, 2.05) is 6.92 Å². The van der Waals surface area contributed by atoms with Gasteiger partial charge in [0, 0.05) is 22.9 Å². The Morgan fingerprint density at radius 2 is 2.00 bits per heavy atom. The summed E-state index contributed by atoms with van der Waals surface area (Å²) in [6.45, 7) is 8.07. The molecular formula is C11H16N2O. The number of hydrogen-bond acceptors (Lipinski definition) is 2.